The first-order valence-corrected chi connectivity index (χ1v) is 6.98. The van der Waals surface area contributed by atoms with Gasteiger partial charge in [0.25, 0.3) is 0 Å². The van der Waals surface area contributed by atoms with Crippen molar-refractivity contribution in [3.8, 4) is 11.5 Å². The lowest BCUT2D eigenvalue weighted by atomic mass is 10.2. The maximum absolute atomic E-state index is 13.4. The van der Waals surface area contributed by atoms with Crippen LogP contribution in [0.3, 0.4) is 0 Å². The normalized spacial score (nSPS) is 10.6. The monoisotopic (exact) mass is 309 g/mol. The van der Waals surface area contributed by atoms with Gasteiger partial charge in [0.2, 0.25) is 0 Å². The number of halogens is 2. The minimum atomic E-state index is -0.294. The molecule has 0 radical (unpaired) electrons. The highest BCUT2D eigenvalue weighted by Gasteiger charge is 2.07. The molecule has 0 saturated heterocycles. The van der Waals surface area contributed by atoms with Gasteiger partial charge in [0.15, 0.2) is 0 Å². The smallest absolute Gasteiger partial charge is 0.132 e. The lowest BCUT2D eigenvalue weighted by Gasteiger charge is -2.12. The molecule has 0 amide bonds. The van der Waals surface area contributed by atoms with Gasteiger partial charge in [0, 0.05) is 30.8 Å². The van der Waals surface area contributed by atoms with Crippen LogP contribution in [0.4, 0.5) is 4.39 Å². The van der Waals surface area contributed by atoms with Crippen molar-refractivity contribution in [2.75, 3.05) is 20.3 Å². The predicted octanol–water partition coefficient (Wildman–Crippen LogP) is 4.01. The van der Waals surface area contributed by atoms with Crippen LogP contribution in [0.1, 0.15) is 5.56 Å². The van der Waals surface area contributed by atoms with Crippen LogP contribution in [0, 0.1) is 5.82 Å². The molecule has 5 heteroatoms. The van der Waals surface area contributed by atoms with E-state index < -0.39 is 0 Å². The van der Waals surface area contributed by atoms with E-state index in [1.165, 1.54) is 12.1 Å². The van der Waals surface area contributed by atoms with Crippen molar-refractivity contribution in [1.29, 1.82) is 0 Å². The third kappa shape index (κ3) is 5.01. The van der Waals surface area contributed by atoms with Crippen molar-refractivity contribution in [3.05, 3.63) is 58.9 Å². The molecule has 1 N–H and O–H groups in total. The summed E-state index contributed by atoms with van der Waals surface area (Å²) in [6.45, 7) is 1.78. The molecule has 0 bridgehead atoms. The van der Waals surface area contributed by atoms with Gasteiger partial charge in [-0.1, -0.05) is 17.7 Å². The fourth-order valence-electron chi connectivity index (χ4n) is 1.84. The molecule has 0 aromatic heterocycles. The topological polar surface area (TPSA) is 30.5 Å². The van der Waals surface area contributed by atoms with Crippen LogP contribution >= 0.6 is 11.6 Å². The number of hydrogen-bond donors (Lipinski definition) is 1. The summed E-state index contributed by atoms with van der Waals surface area (Å²) in [5.74, 6) is 0.924. The van der Waals surface area contributed by atoms with Gasteiger partial charge in [-0.25, -0.2) is 4.39 Å². The minimum Gasteiger partial charge on any atom is -0.457 e. The highest BCUT2D eigenvalue weighted by Crippen LogP contribution is 2.27. The second-order valence-corrected chi connectivity index (χ2v) is 4.92. The Hall–Kier alpha value is -1.62. The van der Waals surface area contributed by atoms with Crippen molar-refractivity contribution in [1.82, 2.24) is 5.32 Å². The summed E-state index contributed by atoms with van der Waals surface area (Å²) < 4.78 is 24.1. The van der Waals surface area contributed by atoms with Crippen LogP contribution in [0.15, 0.2) is 42.5 Å². The molecule has 2 aromatic carbocycles. The molecule has 3 nitrogen and oxygen atoms in total. The van der Waals surface area contributed by atoms with Gasteiger partial charge in [-0.2, -0.15) is 0 Å². The fraction of sp³-hybridized carbons (Fsp3) is 0.250. The standard InChI is InChI=1S/C16H17ClFNO2/c1-20-8-7-19-11-12-9-14(18)5-6-16(12)21-15-4-2-3-13(17)10-15/h2-6,9-10,19H,7-8,11H2,1H3. The summed E-state index contributed by atoms with van der Waals surface area (Å²) in [7, 11) is 1.64. The Morgan fingerprint density at radius 3 is 2.81 bits per heavy atom. The van der Waals surface area contributed by atoms with Gasteiger partial charge in [-0.3, -0.25) is 0 Å². The second kappa shape index (κ2) is 7.98. The average molecular weight is 310 g/mol. The zero-order chi connectivity index (χ0) is 15.1. The summed E-state index contributed by atoms with van der Waals surface area (Å²) >= 11 is 5.93. The van der Waals surface area contributed by atoms with Gasteiger partial charge < -0.3 is 14.8 Å². The summed E-state index contributed by atoms with van der Waals surface area (Å²) in [5, 5.41) is 3.76. The summed E-state index contributed by atoms with van der Waals surface area (Å²) in [6, 6.07) is 11.5. The first kappa shape index (κ1) is 15.8. The van der Waals surface area contributed by atoms with Gasteiger partial charge in [-0.05, 0) is 36.4 Å². The third-order valence-electron chi connectivity index (χ3n) is 2.84. The van der Waals surface area contributed by atoms with Crippen molar-refractivity contribution in [2.24, 2.45) is 0 Å². The number of nitrogens with one attached hydrogen (secondary N) is 1. The van der Waals surface area contributed by atoms with E-state index >= 15 is 0 Å². The fourth-order valence-corrected chi connectivity index (χ4v) is 2.02. The quantitative estimate of drug-likeness (QED) is 0.784. The van der Waals surface area contributed by atoms with E-state index in [0.29, 0.717) is 36.2 Å². The first-order valence-electron chi connectivity index (χ1n) is 6.60. The molecule has 2 aromatic rings. The molecular weight excluding hydrogens is 293 g/mol. The molecule has 0 heterocycles. The molecule has 0 unspecified atom stereocenters. The Morgan fingerprint density at radius 1 is 1.19 bits per heavy atom. The van der Waals surface area contributed by atoms with Crippen LogP contribution < -0.4 is 10.1 Å². The van der Waals surface area contributed by atoms with Gasteiger partial charge >= 0.3 is 0 Å². The molecule has 112 valence electrons. The zero-order valence-electron chi connectivity index (χ0n) is 11.7. The van der Waals surface area contributed by atoms with Crippen LogP contribution in [0.25, 0.3) is 0 Å². The Kier molecular flexibility index (Phi) is 5.99. The Balaban J connectivity index is 2.10. The lowest BCUT2D eigenvalue weighted by Crippen LogP contribution is -2.19. The molecule has 0 spiro atoms. The highest BCUT2D eigenvalue weighted by atomic mass is 35.5. The molecule has 0 aliphatic rings. The predicted molar refractivity (Wildman–Crippen MR) is 81.5 cm³/mol. The van der Waals surface area contributed by atoms with Crippen LogP contribution in [-0.2, 0) is 11.3 Å². The van der Waals surface area contributed by atoms with E-state index in [9.17, 15) is 4.39 Å². The maximum Gasteiger partial charge on any atom is 0.132 e. The molecule has 0 atom stereocenters. The SMILES string of the molecule is COCCNCc1cc(F)ccc1Oc1cccc(Cl)c1. The first-order chi connectivity index (χ1) is 10.2. The summed E-state index contributed by atoms with van der Waals surface area (Å²) in [4.78, 5) is 0. The van der Waals surface area contributed by atoms with Crippen LogP contribution in [-0.4, -0.2) is 20.3 Å². The van der Waals surface area contributed by atoms with Crippen molar-refractivity contribution in [2.45, 2.75) is 6.54 Å². The molecule has 0 aliphatic heterocycles. The molecule has 0 saturated carbocycles. The second-order valence-electron chi connectivity index (χ2n) is 4.48. The highest BCUT2D eigenvalue weighted by molar-refractivity contribution is 6.30. The van der Waals surface area contributed by atoms with Gasteiger partial charge in [-0.15, -0.1) is 0 Å². The van der Waals surface area contributed by atoms with E-state index in [1.54, 1.807) is 37.4 Å². The maximum atomic E-state index is 13.4. The van der Waals surface area contributed by atoms with E-state index in [2.05, 4.69) is 5.32 Å². The Morgan fingerprint density at radius 2 is 2.05 bits per heavy atom. The van der Waals surface area contributed by atoms with Gasteiger partial charge in [0.1, 0.15) is 17.3 Å². The average Bonchev–Trinajstić information content (AvgIpc) is 2.46. The molecule has 2 rings (SSSR count). The summed E-state index contributed by atoms with van der Waals surface area (Å²) in [6.07, 6.45) is 0. The third-order valence-corrected chi connectivity index (χ3v) is 3.08. The molecular formula is C16H17ClFNO2. The largest absolute Gasteiger partial charge is 0.457 e. The van der Waals surface area contributed by atoms with E-state index in [0.717, 1.165) is 5.56 Å². The number of hydrogen-bond acceptors (Lipinski definition) is 3. The molecule has 0 aliphatic carbocycles. The minimum absolute atomic E-state index is 0.294. The number of rotatable bonds is 7. The molecule has 21 heavy (non-hydrogen) atoms. The zero-order valence-corrected chi connectivity index (χ0v) is 12.5. The Bertz CT molecular complexity index is 592. The van der Waals surface area contributed by atoms with Crippen molar-refractivity contribution >= 4 is 11.6 Å². The lowest BCUT2D eigenvalue weighted by molar-refractivity contribution is 0.199. The van der Waals surface area contributed by atoms with Crippen molar-refractivity contribution < 1.29 is 13.9 Å². The Labute approximate surface area is 128 Å². The van der Waals surface area contributed by atoms with E-state index in [1.807, 2.05) is 0 Å². The number of benzene rings is 2. The van der Waals surface area contributed by atoms with E-state index in [4.69, 9.17) is 21.1 Å². The van der Waals surface area contributed by atoms with E-state index in [-0.39, 0.29) is 5.82 Å². The molecule has 0 fully saturated rings. The van der Waals surface area contributed by atoms with Crippen molar-refractivity contribution in [3.63, 3.8) is 0 Å². The van der Waals surface area contributed by atoms with Crippen LogP contribution in [0.5, 0.6) is 11.5 Å². The number of methoxy groups -OCH3 is 1. The number of ether oxygens (including phenoxy) is 2. The summed E-state index contributed by atoms with van der Waals surface area (Å²) in [5.41, 5.74) is 0.742. The van der Waals surface area contributed by atoms with Gasteiger partial charge in [0.05, 0.1) is 6.61 Å². The van der Waals surface area contributed by atoms with Crippen LogP contribution in [0.2, 0.25) is 5.02 Å².